The standard InChI is InChI=1S/C26H26ClN5O3/c1-16-11-18(9-10-28-16)32-23-6-4-5-22(20(23)14-30-32)31-24(34)19-12-17(7-8-21(19)27)13-29-25(35)26(2,3)15-33/h4-12,14,33H,13,15H2,1-3H3,(H,29,35)(H,31,34). The molecule has 9 heteroatoms. The quantitative estimate of drug-likeness (QED) is 0.357. The average molecular weight is 492 g/mol. The zero-order chi connectivity index (χ0) is 25.2. The maximum Gasteiger partial charge on any atom is 0.257 e. The van der Waals surface area contributed by atoms with Gasteiger partial charge in [0, 0.05) is 23.8 Å². The third kappa shape index (κ3) is 5.18. The van der Waals surface area contributed by atoms with Gasteiger partial charge in [0.1, 0.15) is 0 Å². The van der Waals surface area contributed by atoms with E-state index in [1.54, 1.807) is 55.2 Å². The maximum absolute atomic E-state index is 13.1. The van der Waals surface area contributed by atoms with E-state index >= 15 is 0 Å². The van der Waals surface area contributed by atoms with E-state index in [0.29, 0.717) is 16.3 Å². The van der Waals surface area contributed by atoms with Crippen molar-refractivity contribution in [2.24, 2.45) is 5.41 Å². The largest absolute Gasteiger partial charge is 0.395 e. The molecule has 0 unspecified atom stereocenters. The van der Waals surface area contributed by atoms with Crippen LogP contribution in [0, 0.1) is 12.3 Å². The van der Waals surface area contributed by atoms with Gasteiger partial charge in [-0.3, -0.25) is 14.6 Å². The van der Waals surface area contributed by atoms with Crippen molar-refractivity contribution in [1.82, 2.24) is 20.1 Å². The first-order valence-corrected chi connectivity index (χ1v) is 11.5. The number of hydrogen-bond donors (Lipinski definition) is 3. The van der Waals surface area contributed by atoms with Crippen LogP contribution in [0.4, 0.5) is 5.69 Å². The van der Waals surface area contributed by atoms with Crippen molar-refractivity contribution in [2.45, 2.75) is 27.3 Å². The van der Waals surface area contributed by atoms with E-state index in [2.05, 4.69) is 20.7 Å². The number of aliphatic hydroxyl groups excluding tert-OH is 1. The summed E-state index contributed by atoms with van der Waals surface area (Å²) in [6, 6.07) is 14.4. The lowest BCUT2D eigenvalue weighted by molar-refractivity contribution is -0.131. The highest BCUT2D eigenvalue weighted by Crippen LogP contribution is 2.27. The summed E-state index contributed by atoms with van der Waals surface area (Å²) in [5.41, 5.74) is 3.28. The number of benzene rings is 2. The molecular weight excluding hydrogens is 466 g/mol. The third-order valence-electron chi connectivity index (χ3n) is 5.73. The molecule has 180 valence electrons. The molecule has 0 spiro atoms. The van der Waals surface area contributed by atoms with Crippen molar-refractivity contribution in [3.8, 4) is 5.69 Å². The minimum Gasteiger partial charge on any atom is -0.395 e. The Bertz CT molecular complexity index is 1410. The Morgan fingerprint density at radius 3 is 2.69 bits per heavy atom. The number of aliphatic hydroxyl groups is 1. The van der Waals surface area contributed by atoms with Crippen LogP contribution in [0.15, 0.2) is 60.9 Å². The molecule has 2 aromatic carbocycles. The van der Waals surface area contributed by atoms with Crippen molar-refractivity contribution < 1.29 is 14.7 Å². The molecule has 0 aliphatic carbocycles. The Balaban J connectivity index is 1.57. The molecule has 4 rings (SSSR count). The first kappa shape index (κ1) is 24.4. The number of halogens is 1. The molecule has 0 saturated heterocycles. The predicted molar refractivity (Wildman–Crippen MR) is 136 cm³/mol. The normalized spacial score (nSPS) is 11.5. The first-order valence-electron chi connectivity index (χ1n) is 11.1. The SMILES string of the molecule is Cc1cc(-n2ncc3c(NC(=O)c4cc(CNC(=O)C(C)(C)CO)ccc4Cl)cccc32)ccn1. The van der Waals surface area contributed by atoms with E-state index in [9.17, 15) is 14.7 Å². The Morgan fingerprint density at radius 2 is 1.94 bits per heavy atom. The number of aromatic nitrogens is 3. The summed E-state index contributed by atoms with van der Waals surface area (Å²) in [6.07, 6.45) is 3.43. The number of carbonyl (C=O) groups excluding carboxylic acids is 2. The van der Waals surface area contributed by atoms with Gasteiger partial charge in [-0.15, -0.1) is 0 Å². The minimum absolute atomic E-state index is 0.202. The van der Waals surface area contributed by atoms with E-state index < -0.39 is 5.41 Å². The van der Waals surface area contributed by atoms with Gasteiger partial charge in [-0.25, -0.2) is 4.68 Å². The van der Waals surface area contributed by atoms with Crippen molar-refractivity contribution in [2.75, 3.05) is 11.9 Å². The van der Waals surface area contributed by atoms with Gasteiger partial charge in [-0.1, -0.05) is 23.7 Å². The Kier molecular flexibility index (Phi) is 6.86. The number of rotatable bonds is 7. The zero-order valence-electron chi connectivity index (χ0n) is 19.7. The van der Waals surface area contributed by atoms with Crippen molar-refractivity contribution >= 4 is 40.0 Å². The zero-order valence-corrected chi connectivity index (χ0v) is 20.4. The molecule has 0 fully saturated rings. The van der Waals surface area contributed by atoms with E-state index in [1.807, 2.05) is 31.2 Å². The molecule has 3 N–H and O–H groups in total. The van der Waals surface area contributed by atoms with Gasteiger partial charge >= 0.3 is 0 Å². The highest BCUT2D eigenvalue weighted by atomic mass is 35.5. The van der Waals surface area contributed by atoms with Gasteiger partial charge in [0.15, 0.2) is 0 Å². The van der Waals surface area contributed by atoms with Crippen LogP contribution in [0.2, 0.25) is 5.02 Å². The van der Waals surface area contributed by atoms with Crippen LogP contribution in [-0.2, 0) is 11.3 Å². The number of amides is 2. The number of carbonyl (C=O) groups is 2. The van der Waals surface area contributed by atoms with Crippen molar-refractivity contribution in [1.29, 1.82) is 0 Å². The molecular formula is C26H26ClN5O3. The Morgan fingerprint density at radius 1 is 1.14 bits per heavy atom. The third-order valence-corrected chi connectivity index (χ3v) is 6.05. The van der Waals surface area contributed by atoms with Gasteiger partial charge in [-0.05, 0) is 62.7 Å². The number of anilines is 1. The monoisotopic (exact) mass is 491 g/mol. The van der Waals surface area contributed by atoms with Crippen molar-refractivity contribution in [3.05, 3.63) is 82.8 Å². The molecule has 0 bridgehead atoms. The fourth-order valence-electron chi connectivity index (χ4n) is 3.57. The molecule has 0 atom stereocenters. The Labute approximate surface area is 207 Å². The highest BCUT2D eigenvalue weighted by molar-refractivity contribution is 6.34. The van der Waals surface area contributed by atoms with Crippen LogP contribution in [-0.4, -0.2) is 38.3 Å². The second-order valence-electron chi connectivity index (χ2n) is 8.94. The van der Waals surface area contributed by atoms with Crippen LogP contribution in [0.3, 0.4) is 0 Å². The van der Waals surface area contributed by atoms with E-state index in [0.717, 1.165) is 22.3 Å². The summed E-state index contributed by atoms with van der Waals surface area (Å²) in [4.78, 5) is 29.6. The number of aryl methyl sites for hydroxylation is 1. The topological polar surface area (TPSA) is 109 Å². The summed E-state index contributed by atoms with van der Waals surface area (Å²) in [5, 5.41) is 20.7. The molecule has 8 nitrogen and oxygen atoms in total. The lowest BCUT2D eigenvalue weighted by atomic mass is 9.93. The van der Waals surface area contributed by atoms with Gasteiger partial charge in [0.2, 0.25) is 5.91 Å². The predicted octanol–water partition coefficient (Wildman–Crippen LogP) is 4.27. The molecule has 4 aromatic rings. The first-order chi connectivity index (χ1) is 16.7. The molecule has 0 saturated carbocycles. The van der Waals surface area contributed by atoms with Gasteiger partial charge in [0.05, 0.1) is 45.7 Å². The summed E-state index contributed by atoms with van der Waals surface area (Å²) in [5.74, 6) is -0.659. The molecule has 2 amide bonds. The van der Waals surface area contributed by atoms with E-state index in [1.165, 1.54) is 0 Å². The van der Waals surface area contributed by atoms with E-state index in [-0.39, 0.29) is 30.5 Å². The molecule has 0 aliphatic heterocycles. The van der Waals surface area contributed by atoms with Crippen LogP contribution in [0.5, 0.6) is 0 Å². The highest BCUT2D eigenvalue weighted by Gasteiger charge is 2.26. The number of nitrogens with one attached hydrogen (secondary N) is 2. The average Bonchev–Trinajstić information content (AvgIpc) is 3.28. The summed E-state index contributed by atoms with van der Waals surface area (Å²) in [6.45, 7) is 5.16. The molecule has 0 aliphatic rings. The Hall–Kier alpha value is -3.75. The molecule has 0 radical (unpaired) electrons. The number of pyridine rings is 1. The fourth-order valence-corrected chi connectivity index (χ4v) is 3.77. The summed E-state index contributed by atoms with van der Waals surface area (Å²) in [7, 11) is 0. The van der Waals surface area contributed by atoms with Crippen LogP contribution >= 0.6 is 11.6 Å². The molecule has 2 aromatic heterocycles. The molecule has 35 heavy (non-hydrogen) atoms. The second-order valence-corrected chi connectivity index (χ2v) is 9.35. The lowest BCUT2D eigenvalue weighted by Crippen LogP contribution is -2.38. The lowest BCUT2D eigenvalue weighted by Gasteiger charge is -2.20. The van der Waals surface area contributed by atoms with Crippen LogP contribution < -0.4 is 10.6 Å². The van der Waals surface area contributed by atoms with Gasteiger partial charge < -0.3 is 15.7 Å². The fraction of sp³-hybridized carbons (Fsp3) is 0.231. The van der Waals surface area contributed by atoms with Gasteiger partial charge in [0.25, 0.3) is 5.91 Å². The summed E-state index contributed by atoms with van der Waals surface area (Å²) < 4.78 is 1.80. The second kappa shape index (κ2) is 9.85. The number of nitrogens with zero attached hydrogens (tertiary/aromatic N) is 3. The van der Waals surface area contributed by atoms with Crippen molar-refractivity contribution in [3.63, 3.8) is 0 Å². The van der Waals surface area contributed by atoms with E-state index in [4.69, 9.17) is 11.6 Å². The maximum atomic E-state index is 13.1. The van der Waals surface area contributed by atoms with Crippen LogP contribution in [0.25, 0.3) is 16.6 Å². The smallest absolute Gasteiger partial charge is 0.257 e. The summed E-state index contributed by atoms with van der Waals surface area (Å²) >= 11 is 6.33. The van der Waals surface area contributed by atoms with Crippen LogP contribution in [0.1, 0.15) is 35.5 Å². The van der Waals surface area contributed by atoms with Gasteiger partial charge in [-0.2, -0.15) is 5.10 Å². The molecule has 2 heterocycles. The number of fused-ring (bicyclic) bond motifs is 1. The minimum atomic E-state index is -0.898. The number of hydrogen-bond acceptors (Lipinski definition) is 5.